The zero-order valence-electron chi connectivity index (χ0n) is 18.7. The highest BCUT2D eigenvalue weighted by Crippen LogP contribution is 2.47. The van der Waals surface area contributed by atoms with Gasteiger partial charge in [0.1, 0.15) is 0 Å². The summed E-state index contributed by atoms with van der Waals surface area (Å²) in [5.74, 6) is 0. The quantitative estimate of drug-likeness (QED) is 0.194. The van der Waals surface area contributed by atoms with Crippen LogP contribution >= 0.6 is 0 Å². The smallest absolute Gasteiger partial charge is 0.246 e. The van der Waals surface area contributed by atoms with Gasteiger partial charge < -0.3 is 4.43 Å². The molecule has 0 bridgehead atoms. The normalized spacial score (nSPS) is 11.9. The molecule has 6 aromatic carbocycles. The van der Waals surface area contributed by atoms with E-state index < -0.39 is 5.41 Å². The van der Waals surface area contributed by atoms with Gasteiger partial charge in [0.15, 0.2) is 0 Å². The van der Waals surface area contributed by atoms with Crippen LogP contribution in [0.1, 0.15) is 16.7 Å². The Labute approximate surface area is 203 Å². The fourth-order valence-electron chi connectivity index (χ4n) is 5.57. The number of hydrogen-bond donors (Lipinski definition) is 0. The molecule has 0 spiro atoms. The predicted octanol–water partition coefficient (Wildman–Crippen LogP) is 7.58. The molecule has 0 aliphatic carbocycles. The number of fused-ring (bicyclic) bond motifs is 3. The molecule has 0 unspecified atom stereocenters. The van der Waals surface area contributed by atoms with Gasteiger partial charge in [-0.05, 0) is 49.0 Å². The third kappa shape index (κ3) is 3.18. The van der Waals surface area contributed by atoms with Gasteiger partial charge in [-0.2, -0.15) is 0 Å². The van der Waals surface area contributed by atoms with Crippen molar-refractivity contribution in [2.45, 2.75) is 5.41 Å². The van der Waals surface area contributed by atoms with Crippen molar-refractivity contribution in [3.8, 4) is 0 Å². The van der Waals surface area contributed by atoms with Gasteiger partial charge in [-0.3, -0.25) is 0 Å². The van der Waals surface area contributed by atoms with Crippen LogP contribution in [-0.4, -0.2) is 17.1 Å². The topological polar surface area (TPSA) is 9.23 Å². The van der Waals surface area contributed by atoms with Gasteiger partial charge in [-0.1, -0.05) is 127 Å². The van der Waals surface area contributed by atoms with Gasteiger partial charge in [-0.15, -0.1) is 0 Å². The summed E-state index contributed by atoms with van der Waals surface area (Å²) >= 11 is 0. The molecule has 0 atom stereocenters. The van der Waals surface area contributed by atoms with Crippen LogP contribution in [0.4, 0.5) is 0 Å². The molecule has 0 aliphatic rings. The third-order valence-corrected chi connectivity index (χ3v) is 7.18. The van der Waals surface area contributed by atoms with Crippen molar-refractivity contribution in [3.63, 3.8) is 0 Å². The minimum atomic E-state index is -0.551. The van der Waals surface area contributed by atoms with Crippen molar-refractivity contribution >= 4 is 42.8 Å². The van der Waals surface area contributed by atoms with Crippen LogP contribution in [0.5, 0.6) is 0 Å². The summed E-state index contributed by atoms with van der Waals surface area (Å²) in [6, 6.07) is 45.7. The Hall–Kier alpha value is -3.72. The second-order valence-corrected chi connectivity index (χ2v) is 9.06. The monoisotopic (exact) mass is 451 g/mol. The fourth-order valence-corrected chi connectivity index (χ4v) is 5.79. The highest BCUT2D eigenvalue weighted by molar-refractivity contribution is 5.99. The van der Waals surface area contributed by atoms with Gasteiger partial charge in [0.2, 0.25) is 10.5 Å². The molecular formula is C32H23OSi. The lowest BCUT2D eigenvalue weighted by atomic mass is 9.66. The molecule has 0 fully saturated rings. The molecule has 1 nitrogen and oxygen atoms in total. The zero-order valence-corrected chi connectivity index (χ0v) is 19.7. The molecule has 0 saturated carbocycles. The van der Waals surface area contributed by atoms with Gasteiger partial charge in [0.25, 0.3) is 0 Å². The Morgan fingerprint density at radius 1 is 0.441 bits per heavy atom. The number of benzene rings is 6. The SMILES string of the molecule is [Si]OCC(c1cccc2ccccc12)(c1cccc2ccccc12)c1cccc2ccccc12. The first kappa shape index (κ1) is 20.9. The lowest BCUT2D eigenvalue weighted by Gasteiger charge is -2.38. The first-order valence-corrected chi connectivity index (χ1v) is 12.0. The van der Waals surface area contributed by atoms with Crippen LogP contribution in [0.3, 0.4) is 0 Å². The molecule has 0 N–H and O–H groups in total. The Balaban J connectivity index is 1.84. The Kier molecular flexibility index (Phi) is 5.25. The maximum absolute atomic E-state index is 5.92. The fraction of sp³-hybridized carbons (Fsp3) is 0.0625. The van der Waals surface area contributed by atoms with E-state index in [1.54, 1.807) is 0 Å². The van der Waals surface area contributed by atoms with Crippen LogP contribution in [-0.2, 0) is 9.84 Å². The highest BCUT2D eigenvalue weighted by atomic mass is 28.2. The lowest BCUT2D eigenvalue weighted by molar-refractivity contribution is 0.292. The van der Waals surface area contributed by atoms with E-state index in [0.717, 1.165) is 0 Å². The minimum Gasteiger partial charge on any atom is -0.417 e. The highest BCUT2D eigenvalue weighted by Gasteiger charge is 2.40. The molecule has 2 heteroatoms. The van der Waals surface area contributed by atoms with E-state index in [-0.39, 0.29) is 0 Å². The van der Waals surface area contributed by atoms with E-state index >= 15 is 0 Å². The summed E-state index contributed by atoms with van der Waals surface area (Å²) in [7, 11) is 3.43. The summed E-state index contributed by atoms with van der Waals surface area (Å²) < 4.78 is 5.92. The van der Waals surface area contributed by atoms with Crippen molar-refractivity contribution in [2.75, 3.05) is 6.61 Å². The van der Waals surface area contributed by atoms with Crippen molar-refractivity contribution in [1.29, 1.82) is 0 Å². The standard InChI is InChI=1S/C32H23OSi/c34-33-22-32(29-19-7-13-23-10-1-4-16-26(23)29,30-20-8-14-24-11-2-5-17-27(24)30)31-21-9-15-25-12-3-6-18-28(25)31/h1-21H,22H2. The summed E-state index contributed by atoms with van der Waals surface area (Å²) in [6.45, 7) is 0.444. The number of rotatable bonds is 5. The molecule has 0 aliphatic heterocycles. The zero-order chi connectivity index (χ0) is 23.0. The second kappa shape index (κ2) is 8.57. The Morgan fingerprint density at radius 3 is 1.12 bits per heavy atom. The van der Waals surface area contributed by atoms with Crippen LogP contribution < -0.4 is 0 Å². The van der Waals surface area contributed by atoms with Crippen molar-refractivity contribution in [2.24, 2.45) is 0 Å². The maximum atomic E-state index is 5.92. The van der Waals surface area contributed by atoms with Gasteiger partial charge >= 0.3 is 0 Å². The molecule has 34 heavy (non-hydrogen) atoms. The van der Waals surface area contributed by atoms with Crippen molar-refractivity contribution in [1.82, 2.24) is 0 Å². The second-order valence-electron chi connectivity index (χ2n) is 8.77. The first-order valence-electron chi connectivity index (χ1n) is 11.6. The molecule has 0 saturated heterocycles. The molecule has 3 radical (unpaired) electrons. The van der Waals surface area contributed by atoms with Crippen LogP contribution in [0, 0.1) is 0 Å². The van der Waals surface area contributed by atoms with Crippen molar-refractivity contribution < 1.29 is 4.43 Å². The summed E-state index contributed by atoms with van der Waals surface area (Å²) in [6.07, 6.45) is 0. The predicted molar refractivity (Wildman–Crippen MR) is 143 cm³/mol. The molecular weight excluding hydrogens is 428 g/mol. The average molecular weight is 452 g/mol. The van der Waals surface area contributed by atoms with Gasteiger partial charge in [0, 0.05) is 0 Å². The van der Waals surface area contributed by atoms with Crippen LogP contribution in [0.2, 0.25) is 0 Å². The Bertz CT molecular complexity index is 1430. The maximum Gasteiger partial charge on any atom is 0.246 e. The summed E-state index contributed by atoms with van der Waals surface area (Å²) in [4.78, 5) is 0. The Morgan fingerprint density at radius 2 is 0.765 bits per heavy atom. The van der Waals surface area contributed by atoms with E-state index in [9.17, 15) is 0 Å². The minimum absolute atomic E-state index is 0.444. The lowest BCUT2D eigenvalue weighted by Crippen LogP contribution is -2.35. The molecule has 6 rings (SSSR count). The van der Waals surface area contributed by atoms with Gasteiger partial charge in [-0.25, -0.2) is 0 Å². The molecule has 0 amide bonds. The third-order valence-electron chi connectivity index (χ3n) is 7.04. The largest absolute Gasteiger partial charge is 0.417 e. The van der Waals surface area contributed by atoms with Crippen LogP contribution in [0.15, 0.2) is 127 Å². The van der Waals surface area contributed by atoms with E-state index in [0.29, 0.717) is 6.61 Å². The molecule has 6 aromatic rings. The summed E-state index contributed by atoms with van der Waals surface area (Å²) in [5.41, 5.74) is 3.15. The molecule has 161 valence electrons. The van der Waals surface area contributed by atoms with Gasteiger partial charge in [0.05, 0.1) is 12.0 Å². The summed E-state index contributed by atoms with van der Waals surface area (Å²) in [5, 5.41) is 7.36. The van der Waals surface area contributed by atoms with Crippen LogP contribution in [0.25, 0.3) is 32.3 Å². The van der Waals surface area contributed by atoms with E-state index in [1.807, 2.05) is 0 Å². The van der Waals surface area contributed by atoms with E-state index in [2.05, 4.69) is 138 Å². The average Bonchev–Trinajstić information content (AvgIpc) is 2.91. The molecule has 0 aromatic heterocycles. The first-order chi connectivity index (χ1) is 16.8. The molecule has 0 heterocycles. The van der Waals surface area contributed by atoms with E-state index in [4.69, 9.17) is 4.43 Å². The number of hydrogen-bond acceptors (Lipinski definition) is 1. The van der Waals surface area contributed by atoms with E-state index in [1.165, 1.54) is 49.0 Å². The van der Waals surface area contributed by atoms with Crippen molar-refractivity contribution in [3.05, 3.63) is 144 Å².